The van der Waals surface area contributed by atoms with Crippen molar-refractivity contribution in [1.29, 1.82) is 0 Å². The van der Waals surface area contributed by atoms with Gasteiger partial charge in [-0.15, -0.1) is 0 Å². The molecule has 3 N–H and O–H groups in total. The maximum absolute atomic E-state index is 11.9. The van der Waals surface area contributed by atoms with Gasteiger partial charge in [0, 0.05) is 6.42 Å². The summed E-state index contributed by atoms with van der Waals surface area (Å²) in [6.07, 6.45) is 20.7. The summed E-state index contributed by atoms with van der Waals surface area (Å²) in [5, 5.41) is 13.8. The second-order valence-corrected chi connectivity index (χ2v) is 8.19. The summed E-state index contributed by atoms with van der Waals surface area (Å²) < 4.78 is 0. The van der Waals surface area contributed by atoms with Gasteiger partial charge in [0.25, 0.3) is 0 Å². The number of carboxylic acid groups (broad SMARTS) is 1. The number of nitrogens with one attached hydrogen (secondary N) is 2. The van der Waals surface area contributed by atoms with E-state index < -0.39 is 24.0 Å². The molecule has 0 fully saturated rings. The van der Waals surface area contributed by atoms with Crippen LogP contribution >= 0.6 is 0 Å². The molecule has 0 aromatic heterocycles. The summed E-state index contributed by atoms with van der Waals surface area (Å²) in [5.74, 6) is -1.75. The lowest BCUT2D eigenvalue weighted by molar-refractivity contribution is -0.141. The Hall–Kier alpha value is -1.85. The van der Waals surface area contributed by atoms with Crippen LogP contribution in [-0.2, 0) is 14.4 Å². The molecule has 0 heterocycles. The number of hydrogen-bond acceptors (Lipinski definition) is 3. The van der Waals surface area contributed by atoms with Gasteiger partial charge in [0.2, 0.25) is 11.8 Å². The van der Waals surface area contributed by atoms with Crippen molar-refractivity contribution in [3.05, 3.63) is 12.2 Å². The number of carbonyl (C=O) groups is 3. The zero-order valence-corrected chi connectivity index (χ0v) is 19.4. The van der Waals surface area contributed by atoms with Gasteiger partial charge in [0.1, 0.15) is 12.1 Å². The molecule has 0 aliphatic heterocycles. The zero-order chi connectivity index (χ0) is 22.6. The SMILES string of the molecule is CCCCCCCC/C=C\CCCCCCCC(=O)N[C@H](C)C(=O)N[C@H](C)C(=O)O. The van der Waals surface area contributed by atoms with Gasteiger partial charge in [-0.1, -0.05) is 70.4 Å². The summed E-state index contributed by atoms with van der Waals surface area (Å²) in [6.45, 7) is 5.19. The molecule has 174 valence electrons. The van der Waals surface area contributed by atoms with Crippen LogP contribution in [0.25, 0.3) is 0 Å². The van der Waals surface area contributed by atoms with Crippen LogP contribution in [0.1, 0.15) is 111 Å². The van der Waals surface area contributed by atoms with E-state index in [-0.39, 0.29) is 5.91 Å². The maximum atomic E-state index is 11.9. The third kappa shape index (κ3) is 17.0. The quantitative estimate of drug-likeness (QED) is 0.198. The molecule has 6 heteroatoms. The van der Waals surface area contributed by atoms with Crippen molar-refractivity contribution in [3.63, 3.8) is 0 Å². The van der Waals surface area contributed by atoms with E-state index in [1.165, 1.54) is 64.7 Å². The topological polar surface area (TPSA) is 95.5 Å². The average Bonchev–Trinajstić information content (AvgIpc) is 2.70. The van der Waals surface area contributed by atoms with Crippen LogP contribution in [0.2, 0.25) is 0 Å². The van der Waals surface area contributed by atoms with Crippen molar-refractivity contribution < 1.29 is 19.5 Å². The summed E-state index contributed by atoms with van der Waals surface area (Å²) in [7, 11) is 0. The number of aliphatic carboxylic acids is 1. The Kier molecular flexibility index (Phi) is 18.0. The summed E-state index contributed by atoms with van der Waals surface area (Å²) in [5.41, 5.74) is 0. The Morgan fingerprint density at radius 2 is 1.23 bits per heavy atom. The predicted octanol–water partition coefficient (Wildman–Crippen LogP) is 5.12. The van der Waals surface area contributed by atoms with Gasteiger partial charge in [-0.3, -0.25) is 14.4 Å². The minimum Gasteiger partial charge on any atom is -0.480 e. The Morgan fingerprint density at radius 1 is 0.733 bits per heavy atom. The van der Waals surface area contributed by atoms with Crippen LogP contribution in [0.5, 0.6) is 0 Å². The Bertz CT molecular complexity index is 505. The van der Waals surface area contributed by atoms with Crippen LogP contribution in [0.3, 0.4) is 0 Å². The third-order valence-corrected chi connectivity index (χ3v) is 5.17. The molecule has 0 radical (unpaired) electrons. The molecule has 2 atom stereocenters. The number of carboxylic acids is 1. The lowest BCUT2D eigenvalue weighted by Gasteiger charge is -2.16. The molecule has 0 rings (SSSR count). The van der Waals surface area contributed by atoms with E-state index in [0.29, 0.717) is 6.42 Å². The first-order chi connectivity index (χ1) is 14.4. The highest BCUT2D eigenvalue weighted by atomic mass is 16.4. The second-order valence-electron chi connectivity index (χ2n) is 8.19. The Morgan fingerprint density at radius 3 is 1.77 bits per heavy atom. The normalized spacial score (nSPS) is 13.2. The fourth-order valence-corrected chi connectivity index (χ4v) is 3.14. The molecule has 0 aliphatic carbocycles. The predicted molar refractivity (Wildman–Crippen MR) is 122 cm³/mol. The molecule has 0 saturated heterocycles. The van der Waals surface area contributed by atoms with E-state index in [1.54, 1.807) is 6.92 Å². The molecule has 0 saturated carbocycles. The smallest absolute Gasteiger partial charge is 0.325 e. The van der Waals surface area contributed by atoms with Crippen molar-refractivity contribution in [1.82, 2.24) is 10.6 Å². The molecule has 0 aliphatic rings. The van der Waals surface area contributed by atoms with Gasteiger partial charge in [-0.2, -0.15) is 0 Å². The van der Waals surface area contributed by atoms with E-state index in [9.17, 15) is 14.4 Å². The lowest BCUT2D eigenvalue weighted by atomic mass is 10.1. The van der Waals surface area contributed by atoms with Crippen molar-refractivity contribution in [2.24, 2.45) is 0 Å². The molecule has 0 aromatic carbocycles. The second kappa shape index (κ2) is 19.1. The van der Waals surface area contributed by atoms with Crippen molar-refractivity contribution in [3.8, 4) is 0 Å². The van der Waals surface area contributed by atoms with E-state index >= 15 is 0 Å². The van der Waals surface area contributed by atoms with E-state index in [2.05, 4.69) is 29.7 Å². The van der Waals surface area contributed by atoms with Crippen LogP contribution < -0.4 is 10.6 Å². The van der Waals surface area contributed by atoms with E-state index in [0.717, 1.165) is 25.7 Å². The van der Waals surface area contributed by atoms with Crippen LogP contribution in [0.15, 0.2) is 12.2 Å². The van der Waals surface area contributed by atoms with Gasteiger partial charge in [-0.05, 0) is 46.0 Å². The van der Waals surface area contributed by atoms with E-state index in [1.807, 2.05) is 0 Å². The molecule has 2 amide bonds. The average molecular weight is 425 g/mol. The monoisotopic (exact) mass is 424 g/mol. The molecular formula is C24H44N2O4. The highest BCUT2D eigenvalue weighted by Gasteiger charge is 2.20. The lowest BCUT2D eigenvalue weighted by Crippen LogP contribution is -2.49. The number of hydrogen-bond donors (Lipinski definition) is 3. The van der Waals surface area contributed by atoms with Crippen LogP contribution in [-0.4, -0.2) is 35.0 Å². The first-order valence-electron chi connectivity index (χ1n) is 11.9. The third-order valence-electron chi connectivity index (χ3n) is 5.17. The Labute approximate surface area is 183 Å². The molecular weight excluding hydrogens is 380 g/mol. The maximum Gasteiger partial charge on any atom is 0.325 e. The van der Waals surface area contributed by atoms with Gasteiger partial charge in [0.05, 0.1) is 0 Å². The summed E-state index contributed by atoms with van der Waals surface area (Å²) in [6, 6.07) is -1.70. The number of carbonyl (C=O) groups excluding carboxylic acids is 2. The molecule has 30 heavy (non-hydrogen) atoms. The largest absolute Gasteiger partial charge is 0.480 e. The standard InChI is InChI=1S/C24H44N2O4/c1-4-5-6-7-8-9-10-11-12-13-14-15-16-17-18-19-22(27)25-20(2)23(28)26-21(3)24(29)30/h11-12,20-21H,4-10,13-19H2,1-3H3,(H,25,27)(H,26,28)(H,29,30)/b12-11-/t20-,21-/m1/s1. The molecule has 0 unspecified atom stereocenters. The van der Waals surface area contributed by atoms with Crippen molar-refractivity contribution in [2.75, 3.05) is 0 Å². The van der Waals surface area contributed by atoms with Crippen molar-refractivity contribution >= 4 is 17.8 Å². The number of amides is 2. The van der Waals surface area contributed by atoms with Gasteiger partial charge < -0.3 is 15.7 Å². The fourth-order valence-electron chi connectivity index (χ4n) is 3.14. The van der Waals surface area contributed by atoms with E-state index in [4.69, 9.17) is 5.11 Å². The number of rotatable bonds is 19. The summed E-state index contributed by atoms with van der Waals surface area (Å²) >= 11 is 0. The fraction of sp³-hybridized carbons (Fsp3) is 0.792. The molecule has 6 nitrogen and oxygen atoms in total. The summed E-state index contributed by atoms with van der Waals surface area (Å²) in [4.78, 5) is 34.4. The number of allylic oxidation sites excluding steroid dienone is 2. The van der Waals surface area contributed by atoms with Gasteiger partial charge in [-0.25, -0.2) is 0 Å². The first kappa shape index (κ1) is 28.1. The van der Waals surface area contributed by atoms with Crippen LogP contribution in [0.4, 0.5) is 0 Å². The Balaban J connectivity index is 3.55. The van der Waals surface area contributed by atoms with Crippen LogP contribution in [0, 0.1) is 0 Å². The minimum absolute atomic E-state index is 0.168. The minimum atomic E-state index is -1.10. The highest BCUT2D eigenvalue weighted by Crippen LogP contribution is 2.10. The number of unbranched alkanes of at least 4 members (excludes halogenated alkanes) is 11. The molecule has 0 aromatic rings. The highest BCUT2D eigenvalue weighted by molar-refractivity contribution is 5.89. The molecule has 0 spiro atoms. The van der Waals surface area contributed by atoms with Gasteiger partial charge >= 0.3 is 5.97 Å². The zero-order valence-electron chi connectivity index (χ0n) is 19.4. The molecule has 0 bridgehead atoms. The van der Waals surface area contributed by atoms with Gasteiger partial charge in [0.15, 0.2) is 0 Å². The van der Waals surface area contributed by atoms with Crippen molar-refractivity contribution in [2.45, 2.75) is 123 Å². The first-order valence-corrected chi connectivity index (χ1v) is 11.9.